The Hall–Kier alpha value is -1.90. The molecule has 2 nitrogen and oxygen atoms in total. The number of benzene rings is 2. The zero-order chi connectivity index (χ0) is 16.8. The van der Waals surface area contributed by atoms with E-state index in [1.807, 2.05) is 12.1 Å². The summed E-state index contributed by atoms with van der Waals surface area (Å²) in [5, 5.41) is 9.34. The van der Waals surface area contributed by atoms with Gasteiger partial charge in [0.15, 0.2) is 0 Å². The van der Waals surface area contributed by atoms with Gasteiger partial charge in [-0.05, 0) is 73.3 Å². The Morgan fingerprint density at radius 3 is 2.52 bits per heavy atom. The largest absolute Gasteiger partial charge is 0.487 e. The third-order valence-electron chi connectivity index (χ3n) is 2.93. The molecule has 0 saturated carbocycles. The minimum atomic E-state index is -0.376. The molecule has 2 aromatic carbocycles. The van der Waals surface area contributed by atoms with E-state index in [-0.39, 0.29) is 5.82 Å². The van der Waals surface area contributed by atoms with Crippen molar-refractivity contribution < 1.29 is 9.13 Å². The highest BCUT2D eigenvalue weighted by Crippen LogP contribution is 2.35. The Morgan fingerprint density at radius 1 is 1.26 bits per heavy atom. The van der Waals surface area contributed by atoms with E-state index in [4.69, 9.17) is 4.74 Å². The zero-order valence-corrected chi connectivity index (χ0v) is 15.2. The van der Waals surface area contributed by atoms with Gasteiger partial charge in [-0.15, -0.1) is 0 Å². The van der Waals surface area contributed by atoms with E-state index in [1.54, 1.807) is 24.3 Å². The monoisotopic (exact) mass is 435 g/mol. The maximum Gasteiger partial charge on any atom is 0.148 e. The zero-order valence-electron chi connectivity index (χ0n) is 12.0. The molecular formula is C18H12Br2FNO. The van der Waals surface area contributed by atoms with Crippen LogP contribution in [0.4, 0.5) is 4.39 Å². The summed E-state index contributed by atoms with van der Waals surface area (Å²) < 4.78 is 20.4. The van der Waals surface area contributed by atoms with Crippen LogP contribution in [0.25, 0.3) is 11.6 Å². The SMILES string of the molecule is C=CCOc1c(Br)cc(/C=C(\C#N)c2cccc(F)c2)cc1Br. The number of halogens is 3. The van der Waals surface area contributed by atoms with Gasteiger partial charge in [0.05, 0.1) is 20.6 Å². The fourth-order valence-electron chi connectivity index (χ4n) is 1.95. The minimum absolute atomic E-state index is 0.376. The van der Waals surface area contributed by atoms with Crippen molar-refractivity contribution in [1.82, 2.24) is 0 Å². The van der Waals surface area contributed by atoms with E-state index in [1.165, 1.54) is 12.1 Å². The van der Waals surface area contributed by atoms with Gasteiger partial charge in [0, 0.05) is 0 Å². The first-order valence-electron chi connectivity index (χ1n) is 6.65. The molecule has 0 heterocycles. The van der Waals surface area contributed by atoms with E-state index in [9.17, 15) is 9.65 Å². The fourth-order valence-corrected chi connectivity index (χ4v) is 3.40. The van der Waals surface area contributed by atoms with E-state index in [2.05, 4.69) is 44.5 Å². The van der Waals surface area contributed by atoms with Crippen LogP contribution in [0.3, 0.4) is 0 Å². The normalized spacial score (nSPS) is 11.0. The van der Waals surface area contributed by atoms with E-state index < -0.39 is 0 Å². The van der Waals surface area contributed by atoms with Crippen molar-refractivity contribution >= 4 is 43.5 Å². The van der Waals surface area contributed by atoms with Crippen LogP contribution >= 0.6 is 31.9 Å². The molecule has 0 unspecified atom stereocenters. The fraction of sp³-hybridized carbons (Fsp3) is 0.0556. The molecule has 0 aliphatic rings. The lowest BCUT2D eigenvalue weighted by atomic mass is 10.0. The lowest BCUT2D eigenvalue weighted by molar-refractivity contribution is 0.358. The molecule has 0 N–H and O–H groups in total. The van der Waals surface area contributed by atoms with Gasteiger partial charge in [0.25, 0.3) is 0 Å². The van der Waals surface area contributed by atoms with Gasteiger partial charge in [-0.1, -0.05) is 24.8 Å². The molecule has 0 radical (unpaired) electrons. The van der Waals surface area contributed by atoms with Gasteiger partial charge in [-0.2, -0.15) is 5.26 Å². The summed E-state index contributed by atoms with van der Waals surface area (Å²) in [6, 6.07) is 11.7. The molecule has 0 amide bonds. The quantitative estimate of drug-likeness (QED) is 0.328. The Bertz CT molecular complexity index is 786. The maximum atomic E-state index is 13.3. The van der Waals surface area contributed by atoms with Crippen LogP contribution in [0.2, 0.25) is 0 Å². The lowest BCUT2D eigenvalue weighted by Gasteiger charge is -2.10. The summed E-state index contributed by atoms with van der Waals surface area (Å²) in [5.74, 6) is 0.283. The molecule has 0 aliphatic heterocycles. The maximum absolute atomic E-state index is 13.3. The number of ether oxygens (including phenoxy) is 1. The van der Waals surface area contributed by atoms with E-state index >= 15 is 0 Å². The number of rotatable bonds is 5. The molecule has 5 heteroatoms. The Morgan fingerprint density at radius 2 is 1.96 bits per heavy atom. The second-order valence-corrected chi connectivity index (χ2v) is 6.30. The first kappa shape index (κ1) is 17.5. The van der Waals surface area contributed by atoms with Crippen molar-refractivity contribution in [2.45, 2.75) is 0 Å². The van der Waals surface area contributed by atoms with Gasteiger partial charge in [-0.3, -0.25) is 0 Å². The number of allylic oxidation sites excluding steroid dienone is 1. The second-order valence-electron chi connectivity index (χ2n) is 4.59. The predicted molar refractivity (Wildman–Crippen MR) is 97.4 cm³/mol. The highest BCUT2D eigenvalue weighted by atomic mass is 79.9. The van der Waals surface area contributed by atoms with Gasteiger partial charge < -0.3 is 4.74 Å². The van der Waals surface area contributed by atoms with Gasteiger partial charge in [0.1, 0.15) is 18.2 Å². The van der Waals surface area contributed by atoms with Crippen molar-refractivity contribution in [2.75, 3.05) is 6.61 Å². The van der Waals surface area contributed by atoms with Crippen LogP contribution in [0, 0.1) is 17.1 Å². The van der Waals surface area contributed by atoms with Crippen LogP contribution in [0.15, 0.2) is 58.0 Å². The predicted octanol–water partition coefficient (Wildman–Crippen LogP) is 5.98. The molecule has 0 saturated heterocycles. The second kappa shape index (κ2) is 8.09. The summed E-state index contributed by atoms with van der Waals surface area (Å²) in [7, 11) is 0. The van der Waals surface area contributed by atoms with Crippen LogP contribution in [-0.2, 0) is 0 Å². The number of hydrogen-bond donors (Lipinski definition) is 0. The summed E-state index contributed by atoms with van der Waals surface area (Å²) >= 11 is 6.89. The molecule has 0 aliphatic carbocycles. The van der Waals surface area contributed by atoms with Crippen molar-refractivity contribution in [2.24, 2.45) is 0 Å². The summed E-state index contributed by atoms with van der Waals surface area (Å²) in [5.41, 5.74) is 1.70. The first-order valence-corrected chi connectivity index (χ1v) is 8.24. The van der Waals surface area contributed by atoms with Crippen molar-refractivity contribution in [3.63, 3.8) is 0 Å². The third kappa shape index (κ3) is 4.54. The molecule has 0 bridgehead atoms. The number of nitrogens with zero attached hydrogens (tertiary/aromatic N) is 1. The van der Waals surface area contributed by atoms with E-state index in [0.717, 1.165) is 14.5 Å². The van der Waals surface area contributed by atoms with Crippen LogP contribution < -0.4 is 4.74 Å². The third-order valence-corrected chi connectivity index (χ3v) is 4.11. The Kier molecular flexibility index (Phi) is 6.14. The number of hydrogen-bond acceptors (Lipinski definition) is 2. The Balaban J connectivity index is 2.41. The first-order chi connectivity index (χ1) is 11.0. The average Bonchev–Trinajstić information content (AvgIpc) is 2.52. The van der Waals surface area contributed by atoms with Crippen LogP contribution in [0.1, 0.15) is 11.1 Å². The van der Waals surface area contributed by atoms with Gasteiger partial charge in [0.2, 0.25) is 0 Å². The topological polar surface area (TPSA) is 33.0 Å². The molecule has 2 aromatic rings. The summed E-state index contributed by atoms with van der Waals surface area (Å²) in [6.07, 6.45) is 3.35. The molecule has 116 valence electrons. The molecule has 0 atom stereocenters. The molecule has 23 heavy (non-hydrogen) atoms. The minimum Gasteiger partial charge on any atom is -0.487 e. The standard InChI is InChI=1S/C18H12Br2FNO/c1-2-6-23-18-16(19)8-12(9-17(18)20)7-14(11-22)13-4-3-5-15(21)10-13/h2-5,7-10H,1,6H2/b14-7+. The lowest BCUT2D eigenvalue weighted by Crippen LogP contribution is -1.95. The summed E-state index contributed by atoms with van der Waals surface area (Å²) in [4.78, 5) is 0. The molecule has 2 rings (SSSR count). The highest BCUT2D eigenvalue weighted by molar-refractivity contribution is 9.11. The summed E-state index contributed by atoms with van der Waals surface area (Å²) in [6.45, 7) is 4.00. The van der Waals surface area contributed by atoms with Crippen LogP contribution in [-0.4, -0.2) is 6.61 Å². The van der Waals surface area contributed by atoms with Gasteiger partial charge >= 0.3 is 0 Å². The highest BCUT2D eigenvalue weighted by Gasteiger charge is 2.09. The molecule has 0 spiro atoms. The number of nitriles is 1. The van der Waals surface area contributed by atoms with E-state index in [0.29, 0.717) is 23.5 Å². The van der Waals surface area contributed by atoms with Crippen LogP contribution in [0.5, 0.6) is 5.75 Å². The van der Waals surface area contributed by atoms with Crippen molar-refractivity contribution in [1.29, 1.82) is 5.26 Å². The molecule has 0 fully saturated rings. The van der Waals surface area contributed by atoms with Gasteiger partial charge in [-0.25, -0.2) is 4.39 Å². The van der Waals surface area contributed by atoms with Crippen molar-refractivity contribution in [3.8, 4) is 11.8 Å². The van der Waals surface area contributed by atoms with Crippen molar-refractivity contribution in [3.05, 3.63) is 74.9 Å². The smallest absolute Gasteiger partial charge is 0.148 e. The molecular weight excluding hydrogens is 425 g/mol. The molecule has 0 aromatic heterocycles. The Labute approximate surface area is 151 Å². The average molecular weight is 437 g/mol.